The van der Waals surface area contributed by atoms with Crippen LogP contribution in [0.5, 0.6) is 17.2 Å². The molecule has 2 amide bonds. The van der Waals surface area contributed by atoms with Crippen molar-refractivity contribution in [3.63, 3.8) is 0 Å². The van der Waals surface area contributed by atoms with Gasteiger partial charge >= 0.3 is 0 Å². The van der Waals surface area contributed by atoms with Gasteiger partial charge in [-0.2, -0.15) is 0 Å². The molecule has 1 saturated heterocycles. The fraction of sp³-hybridized carbons (Fsp3) is 0.444. The van der Waals surface area contributed by atoms with Gasteiger partial charge in [0.2, 0.25) is 5.75 Å². The third-order valence-corrected chi connectivity index (χ3v) is 6.10. The highest BCUT2D eigenvalue weighted by Gasteiger charge is 2.29. The Balaban J connectivity index is 1.66. The van der Waals surface area contributed by atoms with E-state index in [0.717, 1.165) is 12.0 Å². The summed E-state index contributed by atoms with van der Waals surface area (Å²) in [5.41, 5.74) is 7.49. The van der Waals surface area contributed by atoms with Gasteiger partial charge in [-0.05, 0) is 42.9 Å². The highest BCUT2D eigenvalue weighted by molar-refractivity contribution is 5.99. The van der Waals surface area contributed by atoms with Gasteiger partial charge in [0.1, 0.15) is 0 Å². The number of nitrogens with zero attached hydrogens (tertiary/aromatic N) is 1. The van der Waals surface area contributed by atoms with Crippen LogP contribution < -0.4 is 19.9 Å². The second-order valence-corrected chi connectivity index (χ2v) is 9.19. The van der Waals surface area contributed by atoms with Crippen LogP contribution in [0.2, 0.25) is 0 Å². The van der Waals surface area contributed by atoms with Gasteiger partial charge in [-0.15, -0.1) is 0 Å². The van der Waals surface area contributed by atoms with Crippen LogP contribution in [-0.4, -0.2) is 56.4 Å². The first-order valence-corrected chi connectivity index (χ1v) is 11.8. The number of likely N-dealkylation sites (tertiary alicyclic amines) is 1. The van der Waals surface area contributed by atoms with Crippen molar-refractivity contribution < 1.29 is 28.6 Å². The molecule has 0 aromatic heterocycles. The van der Waals surface area contributed by atoms with Crippen molar-refractivity contribution >= 4 is 17.6 Å². The minimum atomic E-state index is -0.641. The van der Waals surface area contributed by atoms with E-state index in [1.54, 1.807) is 17.0 Å². The number of carbonyl (C=O) groups excluding carboxylic acids is 3. The van der Waals surface area contributed by atoms with E-state index in [2.05, 4.69) is 13.8 Å². The van der Waals surface area contributed by atoms with E-state index in [0.29, 0.717) is 37.4 Å². The van der Waals surface area contributed by atoms with Crippen molar-refractivity contribution in [1.82, 2.24) is 4.90 Å². The molecule has 188 valence electrons. The van der Waals surface area contributed by atoms with Gasteiger partial charge in [-0.1, -0.05) is 38.1 Å². The standard InChI is InChI=1S/C27H34N2O6/c1-17(2)13-18-5-7-19(8-6-18)25(31)20-9-11-29(12-10-20)27(32)21-14-22(33-3)26(23(15-21)34-4)35-16-24(28)30/h5-8,14-15,17,20H,9-13,16H2,1-4H3,(H2,28,30). The number of primary amides is 1. The van der Waals surface area contributed by atoms with Crippen LogP contribution in [0.25, 0.3) is 0 Å². The molecule has 35 heavy (non-hydrogen) atoms. The maximum Gasteiger partial charge on any atom is 0.255 e. The number of hydrogen-bond donors (Lipinski definition) is 1. The lowest BCUT2D eigenvalue weighted by Crippen LogP contribution is -2.40. The number of nitrogens with two attached hydrogens (primary N) is 1. The summed E-state index contributed by atoms with van der Waals surface area (Å²) in [5, 5.41) is 0. The zero-order valence-electron chi connectivity index (χ0n) is 20.8. The number of ketones is 1. The number of hydrogen-bond acceptors (Lipinski definition) is 6. The molecule has 8 heteroatoms. The summed E-state index contributed by atoms with van der Waals surface area (Å²) >= 11 is 0. The third-order valence-electron chi connectivity index (χ3n) is 6.10. The molecule has 0 unspecified atom stereocenters. The average Bonchev–Trinajstić information content (AvgIpc) is 2.86. The van der Waals surface area contributed by atoms with E-state index in [1.165, 1.54) is 19.8 Å². The maximum absolute atomic E-state index is 13.2. The smallest absolute Gasteiger partial charge is 0.255 e. The monoisotopic (exact) mass is 482 g/mol. The predicted molar refractivity (Wildman–Crippen MR) is 132 cm³/mol. The van der Waals surface area contributed by atoms with Gasteiger partial charge in [-0.3, -0.25) is 14.4 Å². The van der Waals surface area contributed by atoms with Crippen molar-refractivity contribution in [2.75, 3.05) is 33.9 Å². The average molecular weight is 483 g/mol. The first-order chi connectivity index (χ1) is 16.7. The van der Waals surface area contributed by atoms with Crippen molar-refractivity contribution in [1.29, 1.82) is 0 Å². The molecule has 3 rings (SSSR count). The maximum atomic E-state index is 13.2. The molecular weight excluding hydrogens is 448 g/mol. The van der Waals surface area contributed by atoms with Gasteiger partial charge in [0.05, 0.1) is 14.2 Å². The van der Waals surface area contributed by atoms with Crippen molar-refractivity contribution in [3.8, 4) is 17.2 Å². The van der Waals surface area contributed by atoms with Gasteiger partial charge in [0, 0.05) is 30.1 Å². The van der Waals surface area contributed by atoms with Crippen molar-refractivity contribution in [2.24, 2.45) is 17.6 Å². The van der Waals surface area contributed by atoms with E-state index < -0.39 is 5.91 Å². The Morgan fingerprint density at radius 1 is 0.971 bits per heavy atom. The van der Waals surface area contributed by atoms with Crippen molar-refractivity contribution in [3.05, 3.63) is 53.1 Å². The lowest BCUT2D eigenvalue weighted by Gasteiger charge is -2.31. The first kappa shape index (κ1) is 26.1. The molecule has 1 aliphatic heterocycles. The Morgan fingerprint density at radius 2 is 1.54 bits per heavy atom. The number of rotatable bonds is 10. The van der Waals surface area contributed by atoms with Crippen LogP contribution in [0.1, 0.15) is 53.0 Å². The van der Waals surface area contributed by atoms with E-state index in [1.807, 2.05) is 24.3 Å². The third kappa shape index (κ3) is 6.53. The predicted octanol–water partition coefficient (Wildman–Crippen LogP) is 3.50. The van der Waals surface area contributed by atoms with Gasteiger partial charge in [0.15, 0.2) is 23.9 Å². The molecule has 0 atom stereocenters. The SMILES string of the molecule is COc1cc(C(=O)N2CCC(C(=O)c3ccc(CC(C)C)cc3)CC2)cc(OC)c1OCC(N)=O. The summed E-state index contributed by atoms with van der Waals surface area (Å²) < 4.78 is 16.1. The molecule has 1 fully saturated rings. The number of ether oxygens (including phenoxy) is 3. The van der Waals surface area contributed by atoms with E-state index in [9.17, 15) is 14.4 Å². The zero-order chi connectivity index (χ0) is 25.5. The number of Topliss-reactive ketones (excluding diaryl/α,β-unsaturated/α-hetero) is 1. The number of piperidine rings is 1. The second kappa shape index (κ2) is 11.7. The molecule has 0 spiro atoms. The summed E-state index contributed by atoms with van der Waals surface area (Å²) in [6.07, 6.45) is 2.20. The fourth-order valence-electron chi connectivity index (χ4n) is 4.33. The lowest BCUT2D eigenvalue weighted by atomic mass is 9.88. The number of benzene rings is 2. The fourth-order valence-corrected chi connectivity index (χ4v) is 4.33. The topological polar surface area (TPSA) is 108 Å². The molecule has 0 saturated carbocycles. The summed E-state index contributed by atoms with van der Waals surface area (Å²) in [4.78, 5) is 39.0. The van der Waals surface area contributed by atoms with Crippen LogP contribution in [-0.2, 0) is 11.2 Å². The molecule has 2 aromatic carbocycles. The van der Waals surface area contributed by atoms with Crippen molar-refractivity contribution in [2.45, 2.75) is 33.1 Å². The number of carbonyl (C=O) groups is 3. The van der Waals surface area contributed by atoms with Gasteiger partial charge in [0.25, 0.3) is 11.8 Å². The zero-order valence-corrected chi connectivity index (χ0v) is 20.8. The molecule has 0 bridgehead atoms. The van der Waals surface area contributed by atoms with Crippen LogP contribution in [0.15, 0.2) is 36.4 Å². The van der Waals surface area contributed by atoms with Crippen LogP contribution in [0.4, 0.5) is 0 Å². The molecule has 8 nitrogen and oxygen atoms in total. The molecule has 2 N–H and O–H groups in total. The first-order valence-electron chi connectivity index (χ1n) is 11.8. The minimum Gasteiger partial charge on any atom is -0.493 e. The lowest BCUT2D eigenvalue weighted by molar-refractivity contribution is -0.120. The second-order valence-electron chi connectivity index (χ2n) is 9.19. The van der Waals surface area contributed by atoms with Crippen LogP contribution in [0, 0.1) is 11.8 Å². The Kier molecular flexibility index (Phi) is 8.73. The molecular formula is C27H34N2O6. The quantitative estimate of drug-likeness (QED) is 0.519. The summed E-state index contributed by atoms with van der Waals surface area (Å²) in [6.45, 7) is 4.96. The Labute approximate surface area is 206 Å². The molecule has 0 aliphatic carbocycles. The summed E-state index contributed by atoms with van der Waals surface area (Å²) in [6, 6.07) is 11.0. The minimum absolute atomic E-state index is 0.108. The highest BCUT2D eigenvalue weighted by atomic mass is 16.5. The van der Waals surface area contributed by atoms with E-state index in [4.69, 9.17) is 19.9 Å². The Bertz CT molecular complexity index is 1030. The Morgan fingerprint density at radius 3 is 2.03 bits per heavy atom. The highest BCUT2D eigenvalue weighted by Crippen LogP contribution is 2.39. The Hall–Kier alpha value is -3.55. The van der Waals surface area contributed by atoms with Gasteiger partial charge in [-0.25, -0.2) is 0 Å². The van der Waals surface area contributed by atoms with Crippen LogP contribution >= 0.6 is 0 Å². The normalized spacial score (nSPS) is 14.0. The molecule has 0 radical (unpaired) electrons. The number of amides is 2. The van der Waals surface area contributed by atoms with Crippen LogP contribution in [0.3, 0.4) is 0 Å². The summed E-state index contributed by atoms with van der Waals surface area (Å²) in [5.74, 6) is 0.493. The molecule has 1 heterocycles. The molecule has 1 aliphatic rings. The van der Waals surface area contributed by atoms with E-state index >= 15 is 0 Å². The van der Waals surface area contributed by atoms with Gasteiger partial charge < -0.3 is 24.8 Å². The molecule has 2 aromatic rings. The van der Waals surface area contributed by atoms with E-state index in [-0.39, 0.29) is 41.5 Å². The largest absolute Gasteiger partial charge is 0.493 e. The number of methoxy groups -OCH3 is 2. The summed E-state index contributed by atoms with van der Waals surface area (Å²) in [7, 11) is 2.87.